The number of amides is 4. The van der Waals surface area contributed by atoms with E-state index in [1.165, 1.54) is 20.3 Å². The normalized spacial score (nSPS) is 13.8. The van der Waals surface area contributed by atoms with Crippen LogP contribution in [0.1, 0.15) is 11.1 Å². The average Bonchev–Trinajstić information content (AvgIpc) is 3.23. The summed E-state index contributed by atoms with van der Waals surface area (Å²) < 4.78 is 16.7. The van der Waals surface area contributed by atoms with Crippen molar-refractivity contribution in [2.45, 2.75) is 6.61 Å². The third-order valence-corrected chi connectivity index (χ3v) is 6.35. The van der Waals surface area contributed by atoms with Gasteiger partial charge in [-0.05, 0) is 58.3 Å². The van der Waals surface area contributed by atoms with E-state index in [1.54, 1.807) is 42.5 Å². The van der Waals surface area contributed by atoms with E-state index in [0.717, 1.165) is 21.2 Å². The van der Waals surface area contributed by atoms with Crippen molar-refractivity contribution in [2.75, 3.05) is 26.1 Å². The van der Waals surface area contributed by atoms with E-state index in [4.69, 9.17) is 14.2 Å². The highest BCUT2D eigenvalue weighted by atomic mass is 16.5. The molecule has 0 radical (unpaired) electrons. The molecule has 4 aromatic rings. The van der Waals surface area contributed by atoms with Crippen LogP contribution in [0.25, 0.3) is 16.8 Å². The number of carbonyl (C=O) groups is 3. The molecule has 1 saturated heterocycles. The van der Waals surface area contributed by atoms with E-state index in [1.807, 2.05) is 18.2 Å². The van der Waals surface area contributed by atoms with Gasteiger partial charge in [0.2, 0.25) is 5.91 Å². The van der Waals surface area contributed by atoms with Crippen LogP contribution in [0.2, 0.25) is 0 Å². The Morgan fingerprint density at radius 1 is 0.850 bits per heavy atom. The van der Waals surface area contributed by atoms with Gasteiger partial charge in [0.15, 0.2) is 11.5 Å². The molecule has 5 rings (SSSR count). The van der Waals surface area contributed by atoms with Crippen LogP contribution in [0.5, 0.6) is 17.2 Å². The van der Waals surface area contributed by atoms with Crippen molar-refractivity contribution >= 4 is 40.4 Å². The van der Waals surface area contributed by atoms with Crippen LogP contribution >= 0.6 is 0 Å². The van der Waals surface area contributed by atoms with Gasteiger partial charge >= 0.3 is 6.03 Å². The molecule has 0 atom stereocenters. The Hall–Kier alpha value is -5.31. The number of ether oxygens (including phenoxy) is 3. The van der Waals surface area contributed by atoms with Gasteiger partial charge in [-0.3, -0.25) is 9.59 Å². The highest BCUT2D eigenvalue weighted by molar-refractivity contribution is 6.16. The second kappa shape index (κ2) is 11.6. The summed E-state index contributed by atoms with van der Waals surface area (Å²) in [5, 5.41) is 7.48. The smallest absolute Gasteiger partial charge is 0.329 e. The van der Waals surface area contributed by atoms with Gasteiger partial charge < -0.3 is 24.8 Å². The molecule has 0 bridgehead atoms. The summed E-state index contributed by atoms with van der Waals surface area (Å²) in [6.45, 7) is -0.104. The minimum Gasteiger partial charge on any atom is -0.495 e. The predicted octanol–water partition coefficient (Wildman–Crippen LogP) is 4.97. The molecule has 1 fully saturated rings. The first-order chi connectivity index (χ1) is 19.4. The van der Waals surface area contributed by atoms with E-state index in [-0.39, 0.29) is 5.70 Å². The fourth-order valence-electron chi connectivity index (χ4n) is 4.35. The number of hydrogen-bond donors (Lipinski definition) is 2. The van der Waals surface area contributed by atoms with Gasteiger partial charge in [0.1, 0.15) is 24.6 Å². The summed E-state index contributed by atoms with van der Waals surface area (Å²) >= 11 is 0. The van der Waals surface area contributed by atoms with Crippen LogP contribution < -0.4 is 24.8 Å². The molecule has 4 aromatic carbocycles. The molecule has 1 heterocycles. The monoisotopic (exact) mass is 537 g/mol. The first-order valence-electron chi connectivity index (χ1n) is 12.5. The van der Waals surface area contributed by atoms with Crippen molar-refractivity contribution < 1.29 is 28.6 Å². The maximum absolute atomic E-state index is 12.9. The molecule has 0 aliphatic carbocycles. The summed E-state index contributed by atoms with van der Waals surface area (Å²) in [6, 6.07) is 25.6. The predicted molar refractivity (Wildman–Crippen MR) is 151 cm³/mol. The van der Waals surface area contributed by atoms with Crippen molar-refractivity contribution in [1.82, 2.24) is 10.2 Å². The molecule has 0 spiro atoms. The summed E-state index contributed by atoms with van der Waals surface area (Å²) in [7, 11) is 3.01. The number of rotatable bonds is 9. The standard InChI is InChI=1S/C31H27N3O6/c1-38-26-10-6-5-9-24(26)32-29(35)18-34-30(36)25(33-31(34)37)16-20-12-14-27(28(17-20)39-2)40-19-21-11-13-22-7-3-4-8-23(22)15-21/h3-17H,18-19H2,1-2H3,(H,32,35)(H,33,37)/b25-16+. The number of nitrogens with one attached hydrogen (secondary N) is 2. The number of nitrogens with zero attached hydrogens (tertiary/aromatic N) is 1. The largest absolute Gasteiger partial charge is 0.495 e. The summed E-state index contributed by atoms with van der Waals surface area (Å²) in [5.74, 6) is 0.320. The van der Waals surface area contributed by atoms with Crippen molar-refractivity contribution in [2.24, 2.45) is 0 Å². The Morgan fingerprint density at radius 3 is 2.40 bits per heavy atom. The first kappa shape index (κ1) is 26.3. The Bertz CT molecular complexity index is 1630. The van der Waals surface area contributed by atoms with Crippen molar-refractivity contribution in [1.29, 1.82) is 0 Å². The number of imide groups is 1. The molecule has 9 nitrogen and oxygen atoms in total. The summed E-state index contributed by atoms with van der Waals surface area (Å²) in [6.07, 6.45) is 1.52. The number of benzene rings is 4. The Morgan fingerprint density at radius 2 is 1.60 bits per heavy atom. The topological polar surface area (TPSA) is 106 Å². The Labute approximate surface area is 231 Å². The third kappa shape index (κ3) is 5.73. The quantitative estimate of drug-likeness (QED) is 0.231. The number of hydrogen-bond acceptors (Lipinski definition) is 6. The van der Waals surface area contributed by atoms with E-state index < -0.39 is 24.4 Å². The summed E-state index contributed by atoms with van der Waals surface area (Å²) in [4.78, 5) is 38.8. The summed E-state index contributed by atoms with van der Waals surface area (Å²) in [5.41, 5.74) is 2.11. The lowest BCUT2D eigenvalue weighted by Crippen LogP contribution is -2.38. The van der Waals surface area contributed by atoms with Gasteiger partial charge in [0, 0.05) is 0 Å². The van der Waals surface area contributed by atoms with E-state index >= 15 is 0 Å². The zero-order valence-electron chi connectivity index (χ0n) is 22.0. The zero-order chi connectivity index (χ0) is 28.1. The highest BCUT2D eigenvalue weighted by Crippen LogP contribution is 2.30. The fraction of sp³-hybridized carbons (Fsp3) is 0.129. The van der Waals surface area contributed by atoms with Crippen LogP contribution in [-0.4, -0.2) is 43.5 Å². The van der Waals surface area contributed by atoms with Gasteiger partial charge in [0.25, 0.3) is 5.91 Å². The number of anilines is 1. The fourth-order valence-corrected chi connectivity index (χ4v) is 4.35. The van der Waals surface area contributed by atoms with Crippen LogP contribution in [0, 0.1) is 0 Å². The van der Waals surface area contributed by atoms with E-state index in [0.29, 0.717) is 35.1 Å². The number of methoxy groups -OCH3 is 2. The molecular weight excluding hydrogens is 510 g/mol. The molecule has 9 heteroatoms. The van der Waals surface area contributed by atoms with Gasteiger partial charge in [-0.2, -0.15) is 0 Å². The van der Waals surface area contributed by atoms with E-state index in [2.05, 4.69) is 34.9 Å². The maximum atomic E-state index is 12.9. The number of fused-ring (bicyclic) bond motifs is 1. The Balaban J connectivity index is 1.25. The molecule has 1 aliphatic rings. The van der Waals surface area contributed by atoms with Crippen molar-refractivity contribution in [3.05, 3.63) is 102 Å². The van der Waals surface area contributed by atoms with Crippen LogP contribution in [0.4, 0.5) is 10.5 Å². The third-order valence-electron chi connectivity index (χ3n) is 6.35. The van der Waals surface area contributed by atoms with Crippen molar-refractivity contribution in [3.63, 3.8) is 0 Å². The lowest BCUT2D eigenvalue weighted by Gasteiger charge is -2.13. The zero-order valence-corrected chi connectivity index (χ0v) is 22.0. The second-order valence-electron chi connectivity index (χ2n) is 9.01. The molecule has 4 amide bonds. The van der Waals surface area contributed by atoms with Crippen LogP contribution in [-0.2, 0) is 16.2 Å². The lowest BCUT2D eigenvalue weighted by atomic mass is 10.1. The number of carbonyl (C=O) groups excluding carboxylic acids is 3. The molecular formula is C31H27N3O6. The average molecular weight is 538 g/mol. The lowest BCUT2D eigenvalue weighted by molar-refractivity contribution is -0.127. The molecule has 0 saturated carbocycles. The molecule has 40 heavy (non-hydrogen) atoms. The minimum absolute atomic E-state index is 0.0435. The molecule has 0 unspecified atom stereocenters. The van der Waals surface area contributed by atoms with E-state index in [9.17, 15) is 14.4 Å². The highest BCUT2D eigenvalue weighted by Gasteiger charge is 2.35. The SMILES string of the molecule is COc1ccccc1NC(=O)CN1C(=O)N/C(=C/c2ccc(OCc3ccc4ccccc4c3)c(OC)c2)C1=O. The first-order valence-corrected chi connectivity index (χ1v) is 12.5. The molecule has 202 valence electrons. The number of urea groups is 1. The van der Waals surface area contributed by atoms with Crippen LogP contribution in [0.15, 0.2) is 90.6 Å². The number of para-hydroxylation sites is 2. The molecule has 2 N–H and O–H groups in total. The van der Waals surface area contributed by atoms with Crippen molar-refractivity contribution in [3.8, 4) is 17.2 Å². The van der Waals surface area contributed by atoms with Gasteiger partial charge in [0.05, 0.1) is 19.9 Å². The Kier molecular flexibility index (Phi) is 7.63. The minimum atomic E-state index is -0.686. The van der Waals surface area contributed by atoms with Gasteiger partial charge in [-0.1, -0.05) is 54.6 Å². The van der Waals surface area contributed by atoms with Crippen LogP contribution in [0.3, 0.4) is 0 Å². The maximum Gasteiger partial charge on any atom is 0.329 e. The molecule has 1 aliphatic heterocycles. The second-order valence-corrected chi connectivity index (χ2v) is 9.01. The molecule has 0 aromatic heterocycles. The van der Waals surface area contributed by atoms with Gasteiger partial charge in [-0.15, -0.1) is 0 Å². The van der Waals surface area contributed by atoms with Gasteiger partial charge in [-0.25, -0.2) is 9.69 Å².